The van der Waals surface area contributed by atoms with E-state index in [-0.39, 0.29) is 0 Å². The zero-order chi connectivity index (χ0) is 13.7. The van der Waals surface area contributed by atoms with Crippen LogP contribution in [-0.4, -0.2) is 13.1 Å². The summed E-state index contributed by atoms with van der Waals surface area (Å²) in [6.45, 7) is 2.68. The van der Waals surface area contributed by atoms with E-state index in [0.29, 0.717) is 12.5 Å². The lowest BCUT2D eigenvalue weighted by molar-refractivity contribution is 0.415. The quantitative estimate of drug-likeness (QED) is 0.666. The van der Waals surface area contributed by atoms with Crippen molar-refractivity contribution in [2.75, 3.05) is 12.4 Å². The predicted octanol–water partition coefficient (Wildman–Crippen LogP) is 2.99. The van der Waals surface area contributed by atoms with Crippen LogP contribution in [0.3, 0.4) is 0 Å². The maximum absolute atomic E-state index is 5.84. The van der Waals surface area contributed by atoms with Gasteiger partial charge < -0.3 is 15.8 Å². The molecular weight excluding hydrogens is 258 g/mol. The smallest absolute Gasteiger partial charge is 0.193 e. The van der Waals surface area contributed by atoms with Gasteiger partial charge in [-0.2, -0.15) is 0 Å². The molecule has 4 nitrogen and oxygen atoms in total. The maximum Gasteiger partial charge on any atom is 0.193 e. The van der Waals surface area contributed by atoms with E-state index in [1.54, 1.807) is 18.4 Å². The summed E-state index contributed by atoms with van der Waals surface area (Å²) in [6.07, 6.45) is 0. The fraction of sp³-hybridized carbons (Fsp3) is 0.214. The first-order chi connectivity index (χ1) is 9.17. The number of thiophene rings is 1. The Morgan fingerprint density at radius 1 is 1.26 bits per heavy atom. The minimum atomic E-state index is 0.413. The zero-order valence-electron chi connectivity index (χ0n) is 11.0. The summed E-state index contributed by atoms with van der Waals surface area (Å²) in [6, 6.07) is 11.7. The van der Waals surface area contributed by atoms with Crippen LogP contribution >= 0.6 is 11.3 Å². The van der Waals surface area contributed by atoms with Gasteiger partial charge in [0.25, 0.3) is 0 Å². The number of aryl methyl sites for hydroxylation is 1. The zero-order valence-corrected chi connectivity index (χ0v) is 11.8. The molecule has 0 amide bonds. The number of aliphatic imine (C=N–C) groups is 1. The van der Waals surface area contributed by atoms with Crippen molar-refractivity contribution in [3.8, 4) is 5.75 Å². The van der Waals surface area contributed by atoms with Crippen LogP contribution < -0.4 is 15.8 Å². The topological polar surface area (TPSA) is 59.6 Å². The minimum absolute atomic E-state index is 0.413. The first kappa shape index (κ1) is 13.4. The van der Waals surface area contributed by atoms with Gasteiger partial charge in [-0.25, -0.2) is 4.99 Å². The SMILES string of the molecule is COc1ccc(NC(N)=NCc2ccc(C)s2)cc1. The van der Waals surface area contributed by atoms with E-state index in [1.165, 1.54) is 9.75 Å². The van der Waals surface area contributed by atoms with E-state index < -0.39 is 0 Å². The van der Waals surface area contributed by atoms with Crippen LogP contribution in [0.15, 0.2) is 41.4 Å². The number of methoxy groups -OCH3 is 1. The molecular formula is C14H17N3OS. The Bertz CT molecular complexity index is 560. The first-order valence-electron chi connectivity index (χ1n) is 5.93. The van der Waals surface area contributed by atoms with Crippen LogP contribution in [0.1, 0.15) is 9.75 Å². The summed E-state index contributed by atoms with van der Waals surface area (Å²) in [5.41, 5.74) is 6.74. The second-order valence-electron chi connectivity index (χ2n) is 4.07. The molecule has 0 bridgehead atoms. The number of nitrogens with two attached hydrogens (primary N) is 1. The second-order valence-corrected chi connectivity index (χ2v) is 5.44. The Balaban J connectivity index is 1.93. The molecule has 2 aromatic rings. The highest BCUT2D eigenvalue weighted by molar-refractivity contribution is 7.11. The summed E-state index contributed by atoms with van der Waals surface area (Å²) < 4.78 is 5.09. The van der Waals surface area contributed by atoms with Crippen LogP contribution in [0.25, 0.3) is 0 Å². The average molecular weight is 275 g/mol. The lowest BCUT2D eigenvalue weighted by atomic mass is 10.3. The van der Waals surface area contributed by atoms with Gasteiger partial charge in [0.1, 0.15) is 5.75 Å². The van der Waals surface area contributed by atoms with Crippen LogP contribution in [0.4, 0.5) is 5.69 Å². The van der Waals surface area contributed by atoms with Crippen molar-refractivity contribution in [2.45, 2.75) is 13.5 Å². The van der Waals surface area contributed by atoms with Gasteiger partial charge in [0.2, 0.25) is 0 Å². The lowest BCUT2D eigenvalue weighted by Crippen LogP contribution is -2.22. The highest BCUT2D eigenvalue weighted by Gasteiger charge is 1.98. The number of nitrogens with zero attached hydrogens (tertiary/aromatic N) is 1. The van der Waals surface area contributed by atoms with Crippen LogP contribution in [-0.2, 0) is 6.54 Å². The van der Waals surface area contributed by atoms with E-state index in [0.717, 1.165) is 11.4 Å². The van der Waals surface area contributed by atoms with Crippen molar-refractivity contribution in [2.24, 2.45) is 10.7 Å². The van der Waals surface area contributed by atoms with Crippen LogP contribution in [0.5, 0.6) is 5.75 Å². The van der Waals surface area contributed by atoms with Gasteiger partial charge in [-0.15, -0.1) is 11.3 Å². The van der Waals surface area contributed by atoms with Gasteiger partial charge in [0, 0.05) is 15.4 Å². The molecule has 1 aromatic heterocycles. The number of guanidine groups is 1. The van der Waals surface area contributed by atoms with E-state index in [1.807, 2.05) is 24.3 Å². The molecule has 3 N–H and O–H groups in total. The maximum atomic E-state index is 5.84. The molecule has 0 aliphatic heterocycles. The Labute approximate surface area is 116 Å². The van der Waals surface area contributed by atoms with Gasteiger partial charge in [-0.3, -0.25) is 0 Å². The normalized spacial score (nSPS) is 11.4. The Morgan fingerprint density at radius 2 is 2.00 bits per heavy atom. The molecule has 0 radical (unpaired) electrons. The third-order valence-corrected chi connectivity index (χ3v) is 3.55. The minimum Gasteiger partial charge on any atom is -0.497 e. The molecule has 0 aliphatic carbocycles. The molecule has 19 heavy (non-hydrogen) atoms. The number of hydrogen-bond donors (Lipinski definition) is 2. The summed E-state index contributed by atoms with van der Waals surface area (Å²) >= 11 is 1.73. The Hall–Kier alpha value is -2.01. The van der Waals surface area contributed by atoms with E-state index >= 15 is 0 Å². The first-order valence-corrected chi connectivity index (χ1v) is 6.75. The van der Waals surface area contributed by atoms with Crippen molar-refractivity contribution >= 4 is 23.0 Å². The third kappa shape index (κ3) is 3.99. The van der Waals surface area contributed by atoms with Gasteiger partial charge in [0.15, 0.2) is 5.96 Å². The van der Waals surface area contributed by atoms with Crippen LogP contribution in [0, 0.1) is 6.92 Å². The molecule has 0 unspecified atom stereocenters. The highest BCUT2D eigenvalue weighted by atomic mass is 32.1. The summed E-state index contributed by atoms with van der Waals surface area (Å²) in [4.78, 5) is 6.80. The second kappa shape index (κ2) is 6.24. The molecule has 100 valence electrons. The van der Waals surface area contributed by atoms with Gasteiger partial charge >= 0.3 is 0 Å². The van der Waals surface area contributed by atoms with Crippen molar-refractivity contribution in [3.05, 3.63) is 46.2 Å². The van der Waals surface area contributed by atoms with Gasteiger partial charge in [-0.05, 0) is 43.3 Å². The molecule has 5 heteroatoms. The van der Waals surface area contributed by atoms with Crippen molar-refractivity contribution in [1.29, 1.82) is 0 Å². The number of anilines is 1. The number of nitrogens with one attached hydrogen (secondary N) is 1. The third-order valence-electron chi connectivity index (χ3n) is 2.56. The molecule has 0 saturated heterocycles. The monoisotopic (exact) mass is 275 g/mol. The largest absolute Gasteiger partial charge is 0.497 e. The number of benzene rings is 1. The molecule has 0 atom stereocenters. The number of hydrogen-bond acceptors (Lipinski definition) is 3. The fourth-order valence-corrected chi connectivity index (χ4v) is 2.41. The molecule has 2 rings (SSSR count). The molecule has 0 saturated carbocycles. The van der Waals surface area contributed by atoms with Crippen molar-refractivity contribution in [3.63, 3.8) is 0 Å². The number of rotatable bonds is 4. The summed E-state index contributed by atoms with van der Waals surface area (Å²) in [5, 5.41) is 3.05. The van der Waals surface area contributed by atoms with Crippen molar-refractivity contribution in [1.82, 2.24) is 0 Å². The molecule has 1 heterocycles. The van der Waals surface area contributed by atoms with Gasteiger partial charge in [-0.1, -0.05) is 0 Å². The Morgan fingerprint density at radius 3 is 2.58 bits per heavy atom. The number of ether oxygens (including phenoxy) is 1. The van der Waals surface area contributed by atoms with Crippen LogP contribution in [0.2, 0.25) is 0 Å². The molecule has 0 aliphatic rings. The van der Waals surface area contributed by atoms with Crippen molar-refractivity contribution < 1.29 is 4.74 Å². The average Bonchev–Trinajstić information content (AvgIpc) is 2.83. The predicted molar refractivity (Wildman–Crippen MR) is 81.0 cm³/mol. The fourth-order valence-electron chi connectivity index (χ4n) is 1.59. The lowest BCUT2D eigenvalue weighted by Gasteiger charge is -2.06. The van der Waals surface area contributed by atoms with E-state index in [2.05, 4.69) is 29.4 Å². The Kier molecular flexibility index (Phi) is 4.41. The molecule has 0 spiro atoms. The summed E-state index contributed by atoms with van der Waals surface area (Å²) in [5.74, 6) is 1.23. The molecule has 1 aromatic carbocycles. The van der Waals surface area contributed by atoms with E-state index in [9.17, 15) is 0 Å². The summed E-state index contributed by atoms with van der Waals surface area (Å²) in [7, 11) is 1.64. The molecule has 0 fully saturated rings. The van der Waals surface area contributed by atoms with Gasteiger partial charge in [0.05, 0.1) is 13.7 Å². The standard InChI is InChI=1S/C14H17N3OS/c1-10-3-8-13(19-10)9-16-14(15)17-11-4-6-12(18-2)7-5-11/h3-8H,9H2,1-2H3,(H3,15,16,17). The highest BCUT2D eigenvalue weighted by Crippen LogP contribution is 2.16. The van der Waals surface area contributed by atoms with E-state index in [4.69, 9.17) is 10.5 Å².